The molecule has 1 heterocycles. The Labute approximate surface area is 174 Å². The van der Waals surface area contributed by atoms with E-state index in [9.17, 15) is 14.3 Å². The highest BCUT2D eigenvalue weighted by Gasteiger charge is 2.07. The van der Waals surface area contributed by atoms with Crippen LogP contribution >= 0.6 is 0 Å². The normalized spacial score (nSPS) is 10.5. The lowest BCUT2D eigenvalue weighted by Gasteiger charge is -2.17. The zero-order valence-corrected chi connectivity index (χ0v) is 16.6. The lowest BCUT2D eigenvalue weighted by atomic mass is 10.1. The number of aromatic hydroxyl groups is 1. The largest absolute Gasteiger partial charge is 0.508 e. The van der Waals surface area contributed by atoms with Gasteiger partial charge in [0.25, 0.3) is 5.91 Å². The van der Waals surface area contributed by atoms with Crippen molar-refractivity contribution in [3.8, 4) is 11.6 Å². The maximum absolute atomic E-state index is 13.0. The monoisotopic (exact) mass is 410 g/mol. The minimum absolute atomic E-state index is 0.158. The molecule has 0 unspecified atom stereocenters. The fourth-order valence-corrected chi connectivity index (χ4v) is 2.74. The van der Waals surface area contributed by atoms with Crippen molar-refractivity contribution in [2.75, 3.05) is 25.1 Å². The van der Waals surface area contributed by atoms with Crippen LogP contribution in [0.25, 0.3) is 0 Å². The molecular weight excluding hydrogens is 387 g/mol. The second-order valence-electron chi connectivity index (χ2n) is 6.77. The zero-order valence-electron chi connectivity index (χ0n) is 16.6. The van der Waals surface area contributed by atoms with Crippen molar-refractivity contribution in [3.63, 3.8) is 0 Å². The van der Waals surface area contributed by atoms with E-state index in [2.05, 4.69) is 15.5 Å². The first kappa shape index (κ1) is 21.0. The highest BCUT2D eigenvalue weighted by atomic mass is 19.1. The third kappa shape index (κ3) is 6.44. The quantitative estimate of drug-likeness (QED) is 0.564. The summed E-state index contributed by atoms with van der Waals surface area (Å²) >= 11 is 0. The van der Waals surface area contributed by atoms with E-state index >= 15 is 0 Å². The molecule has 0 aliphatic rings. The summed E-state index contributed by atoms with van der Waals surface area (Å²) in [6.07, 6.45) is 0.654. The van der Waals surface area contributed by atoms with Gasteiger partial charge in [-0.2, -0.15) is 0 Å². The number of nitrogens with one attached hydrogen (secondary N) is 1. The van der Waals surface area contributed by atoms with Crippen molar-refractivity contribution in [3.05, 3.63) is 77.6 Å². The average molecular weight is 410 g/mol. The molecule has 3 rings (SSSR count). The fourth-order valence-electron chi connectivity index (χ4n) is 2.74. The minimum Gasteiger partial charge on any atom is -0.508 e. The number of hydrogen-bond acceptors (Lipinski definition) is 6. The number of halogens is 1. The van der Waals surface area contributed by atoms with Gasteiger partial charge in [-0.05, 0) is 47.9 Å². The predicted molar refractivity (Wildman–Crippen MR) is 111 cm³/mol. The number of benzene rings is 2. The summed E-state index contributed by atoms with van der Waals surface area (Å²) in [5.41, 5.74) is 1.96. The molecule has 2 aromatic carbocycles. The summed E-state index contributed by atoms with van der Waals surface area (Å²) in [6, 6.07) is 16.5. The first-order valence-electron chi connectivity index (χ1n) is 9.46. The zero-order chi connectivity index (χ0) is 21.3. The van der Waals surface area contributed by atoms with E-state index in [1.54, 1.807) is 36.4 Å². The van der Waals surface area contributed by atoms with Gasteiger partial charge in [-0.15, -0.1) is 10.2 Å². The van der Waals surface area contributed by atoms with E-state index < -0.39 is 0 Å². The standard InChI is InChI=1S/C22H23FN4O3/c1-27(14-17-2-6-18(23)7-3-17)20-10-11-22(26-25-20)30-15-21(29)24-13-12-16-4-8-19(28)9-5-16/h2-11,28H,12-15H2,1H3,(H,24,29). The van der Waals surface area contributed by atoms with Crippen LogP contribution in [0.5, 0.6) is 11.6 Å². The first-order chi connectivity index (χ1) is 14.5. The molecule has 30 heavy (non-hydrogen) atoms. The lowest BCUT2D eigenvalue weighted by Crippen LogP contribution is -2.30. The molecule has 1 amide bonds. The Kier molecular flexibility index (Phi) is 7.15. The van der Waals surface area contributed by atoms with Gasteiger partial charge in [-0.1, -0.05) is 24.3 Å². The summed E-state index contributed by atoms with van der Waals surface area (Å²) in [7, 11) is 1.86. The average Bonchev–Trinajstić information content (AvgIpc) is 2.75. The topological polar surface area (TPSA) is 87.6 Å². The first-order valence-corrected chi connectivity index (χ1v) is 9.46. The van der Waals surface area contributed by atoms with E-state index in [1.807, 2.05) is 24.1 Å². The molecule has 1 aromatic heterocycles. The third-order valence-corrected chi connectivity index (χ3v) is 4.37. The van der Waals surface area contributed by atoms with Gasteiger partial charge >= 0.3 is 0 Å². The van der Waals surface area contributed by atoms with Crippen LogP contribution in [0.1, 0.15) is 11.1 Å². The second-order valence-corrected chi connectivity index (χ2v) is 6.77. The van der Waals surface area contributed by atoms with Crippen molar-refractivity contribution in [2.24, 2.45) is 0 Å². The number of carbonyl (C=O) groups is 1. The maximum Gasteiger partial charge on any atom is 0.258 e. The summed E-state index contributed by atoms with van der Waals surface area (Å²) in [5, 5.41) is 20.1. The molecule has 0 saturated heterocycles. The van der Waals surface area contributed by atoms with Crippen LogP contribution in [0, 0.1) is 5.82 Å². The number of nitrogens with zero attached hydrogens (tertiary/aromatic N) is 3. The molecule has 0 atom stereocenters. The highest BCUT2D eigenvalue weighted by molar-refractivity contribution is 5.77. The molecule has 7 nitrogen and oxygen atoms in total. The number of phenols is 1. The Hall–Kier alpha value is -3.68. The van der Waals surface area contributed by atoms with Crippen LogP contribution in [0.4, 0.5) is 10.2 Å². The summed E-state index contributed by atoms with van der Waals surface area (Å²) < 4.78 is 18.4. The van der Waals surface area contributed by atoms with Crippen molar-refractivity contribution in [1.29, 1.82) is 0 Å². The number of hydrogen-bond donors (Lipinski definition) is 2. The molecule has 0 saturated carbocycles. The number of amides is 1. The Balaban J connectivity index is 1.40. The van der Waals surface area contributed by atoms with Gasteiger partial charge in [0.05, 0.1) is 0 Å². The van der Waals surface area contributed by atoms with Gasteiger partial charge < -0.3 is 20.1 Å². The van der Waals surface area contributed by atoms with E-state index in [0.717, 1.165) is 11.1 Å². The SMILES string of the molecule is CN(Cc1ccc(F)cc1)c1ccc(OCC(=O)NCCc2ccc(O)cc2)nn1. The Morgan fingerprint density at radius 1 is 1.03 bits per heavy atom. The number of ether oxygens (including phenoxy) is 1. The highest BCUT2D eigenvalue weighted by Crippen LogP contribution is 2.15. The maximum atomic E-state index is 13.0. The third-order valence-electron chi connectivity index (χ3n) is 4.37. The smallest absolute Gasteiger partial charge is 0.258 e. The van der Waals surface area contributed by atoms with E-state index in [1.165, 1.54) is 12.1 Å². The Morgan fingerprint density at radius 2 is 1.73 bits per heavy atom. The van der Waals surface area contributed by atoms with Gasteiger partial charge in [-0.25, -0.2) is 4.39 Å². The van der Waals surface area contributed by atoms with Crippen LogP contribution in [0.2, 0.25) is 0 Å². The van der Waals surface area contributed by atoms with Crippen LogP contribution in [0.15, 0.2) is 60.7 Å². The molecule has 8 heteroatoms. The molecule has 0 bridgehead atoms. The van der Waals surface area contributed by atoms with E-state index in [4.69, 9.17) is 4.74 Å². The van der Waals surface area contributed by atoms with Gasteiger partial charge in [0.15, 0.2) is 12.4 Å². The fraction of sp³-hybridized carbons (Fsp3) is 0.227. The number of carbonyl (C=O) groups excluding carboxylic acids is 1. The molecule has 156 valence electrons. The van der Waals surface area contributed by atoms with Crippen molar-refractivity contribution >= 4 is 11.7 Å². The van der Waals surface area contributed by atoms with Gasteiger partial charge in [0, 0.05) is 26.2 Å². The van der Waals surface area contributed by atoms with Crippen molar-refractivity contribution < 1.29 is 19.0 Å². The Bertz CT molecular complexity index is 948. The Morgan fingerprint density at radius 3 is 2.40 bits per heavy atom. The molecule has 0 fully saturated rings. The molecule has 3 aromatic rings. The predicted octanol–water partition coefficient (Wildman–Crippen LogP) is 2.70. The van der Waals surface area contributed by atoms with Crippen molar-refractivity contribution in [2.45, 2.75) is 13.0 Å². The van der Waals surface area contributed by atoms with E-state index in [-0.39, 0.29) is 30.0 Å². The molecule has 0 aliphatic heterocycles. The molecule has 2 N–H and O–H groups in total. The molecule has 0 aliphatic carbocycles. The van der Waals surface area contributed by atoms with Gasteiger partial charge in [0.2, 0.25) is 5.88 Å². The summed E-state index contributed by atoms with van der Waals surface area (Å²) in [4.78, 5) is 13.8. The van der Waals surface area contributed by atoms with Crippen LogP contribution in [0.3, 0.4) is 0 Å². The number of aromatic nitrogens is 2. The van der Waals surface area contributed by atoms with Crippen LogP contribution in [-0.2, 0) is 17.8 Å². The molecule has 0 radical (unpaired) electrons. The lowest BCUT2D eigenvalue weighted by molar-refractivity contribution is -0.123. The van der Waals surface area contributed by atoms with Crippen LogP contribution < -0.4 is 15.0 Å². The van der Waals surface area contributed by atoms with Gasteiger partial charge in [0.1, 0.15) is 11.6 Å². The van der Waals surface area contributed by atoms with E-state index in [0.29, 0.717) is 25.3 Å². The number of anilines is 1. The molecule has 0 spiro atoms. The van der Waals surface area contributed by atoms with Crippen molar-refractivity contribution in [1.82, 2.24) is 15.5 Å². The summed E-state index contributed by atoms with van der Waals surface area (Å²) in [6.45, 7) is 0.861. The van der Waals surface area contributed by atoms with Crippen LogP contribution in [-0.4, -0.2) is 41.4 Å². The minimum atomic E-state index is -0.271. The second kappa shape index (κ2) is 10.2. The van der Waals surface area contributed by atoms with Gasteiger partial charge in [-0.3, -0.25) is 4.79 Å². The summed E-state index contributed by atoms with van der Waals surface area (Å²) in [5.74, 6) is 0.567. The number of phenolic OH excluding ortho intramolecular Hbond substituents is 1. The number of rotatable bonds is 9. The molecular formula is C22H23FN4O3.